The highest BCUT2D eigenvalue weighted by molar-refractivity contribution is 6.33. The molecule has 1 aromatic heterocycles. The highest BCUT2D eigenvalue weighted by atomic mass is 35.5. The number of piperidine rings is 1. The molecule has 0 aliphatic carbocycles. The molecule has 0 saturated carbocycles. The van der Waals surface area contributed by atoms with E-state index in [9.17, 15) is 4.79 Å². The summed E-state index contributed by atoms with van der Waals surface area (Å²) in [5.41, 5.74) is 1.59. The van der Waals surface area contributed by atoms with Crippen molar-refractivity contribution in [1.82, 2.24) is 15.0 Å². The minimum atomic E-state index is -0.0595. The van der Waals surface area contributed by atoms with Crippen LogP contribution in [-0.2, 0) is 4.79 Å². The van der Waals surface area contributed by atoms with Crippen LogP contribution >= 0.6 is 11.6 Å². The quantitative estimate of drug-likeness (QED) is 0.699. The van der Waals surface area contributed by atoms with Crippen molar-refractivity contribution in [2.45, 2.75) is 18.8 Å². The van der Waals surface area contributed by atoms with Crippen molar-refractivity contribution < 1.29 is 9.32 Å². The number of rotatable bonds is 5. The third kappa shape index (κ3) is 4.40. The van der Waals surface area contributed by atoms with Gasteiger partial charge in [-0.05, 0) is 38.1 Å². The number of hydrogen-bond donors (Lipinski definition) is 1. The summed E-state index contributed by atoms with van der Waals surface area (Å²) < 4.78 is 5.49. The molecule has 1 aliphatic heterocycles. The lowest BCUT2D eigenvalue weighted by Gasteiger charge is -2.29. The van der Waals surface area contributed by atoms with Gasteiger partial charge in [-0.25, -0.2) is 0 Å². The average molecular weight is 397 g/mol. The van der Waals surface area contributed by atoms with Crippen LogP contribution in [-0.4, -0.2) is 40.6 Å². The van der Waals surface area contributed by atoms with Crippen LogP contribution in [0.4, 0.5) is 5.69 Å². The molecule has 0 atom stereocenters. The van der Waals surface area contributed by atoms with Gasteiger partial charge in [0.2, 0.25) is 17.6 Å². The largest absolute Gasteiger partial charge is 0.339 e. The van der Waals surface area contributed by atoms with Crippen LogP contribution < -0.4 is 5.32 Å². The zero-order valence-electron chi connectivity index (χ0n) is 15.3. The van der Waals surface area contributed by atoms with Crippen molar-refractivity contribution in [3.05, 3.63) is 65.5 Å². The third-order valence-corrected chi connectivity index (χ3v) is 5.26. The van der Waals surface area contributed by atoms with Crippen LogP contribution in [0.2, 0.25) is 5.02 Å². The van der Waals surface area contributed by atoms with Crippen molar-refractivity contribution >= 4 is 23.2 Å². The molecule has 0 spiro atoms. The maximum Gasteiger partial charge on any atom is 0.238 e. The molecule has 1 N–H and O–H groups in total. The summed E-state index contributed by atoms with van der Waals surface area (Å²) in [6.45, 7) is 1.96. The van der Waals surface area contributed by atoms with Gasteiger partial charge >= 0.3 is 0 Å². The van der Waals surface area contributed by atoms with Gasteiger partial charge in [0.25, 0.3) is 0 Å². The van der Waals surface area contributed by atoms with E-state index in [4.69, 9.17) is 16.1 Å². The molecule has 3 aromatic rings. The lowest BCUT2D eigenvalue weighted by Crippen LogP contribution is -2.38. The Kier molecular flexibility index (Phi) is 5.69. The lowest BCUT2D eigenvalue weighted by molar-refractivity contribution is -0.117. The first-order valence-electron chi connectivity index (χ1n) is 9.35. The monoisotopic (exact) mass is 396 g/mol. The number of carbonyl (C=O) groups excluding carboxylic acids is 1. The molecule has 2 heterocycles. The van der Waals surface area contributed by atoms with Gasteiger partial charge in [-0.15, -0.1) is 0 Å². The number of benzene rings is 2. The Morgan fingerprint density at radius 2 is 1.82 bits per heavy atom. The van der Waals surface area contributed by atoms with E-state index in [0.29, 0.717) is 29.0 Å². The van der Waals surface area contributed by atoms with Gasteiger partial charge in [-0.3, -0.25) is 9.69 Å². The van der Waals surface area contributed by atoms with Gasteiger partial charge in [0.05, 0.1) is 17.3 Å². The Balaban J connectivity index is 1.30. The summed E-state index contributed by atoms with van der Waals surface area (Å²) in [5, 5.41) is 7.52. The molecule has 0 bridgehead atoms. The number of nitrogens with one attached hydrogen (secondary N) is 1. The zero-order chi connectivity index (χ0) is 19.3. The smallest absolute Gasteiger partial charge is 0.238 e. The van der Waals surface area contributed by atoms with Crippen LogP contribution in [0.3, 0.4) is 0 Å². The van der Waals surface area contributed by atoms with E-state index in [1.54, 1.807) is 12.1 Å². The molecule has 7 heteroatoms. The minimum Gasteiger partial charge on any atom is -0.339 e. The fourth-order valence-electron chi connectivity index (χ4n) is 3.40. The predicted molar refractivity (Wildman–Crippen MR) is 108 cm³/mol. The van der Waals surface area contributed by atoms with Crippen molar-refractivity contribution in [3.63, 3.8) is 0 Å². The Labute approximate surface area is 168 Å². The number of aromatic nitrogens is 2. The van der Waals surface area contributed by atoms with E-state index < -0.39 is 0 Å². The van der Waals surface area contributed by atoms with Crippen molar-refractivity contribution in [3.8, 4) is 11.4 Å². The normalized spacial score (nSPS) is 15.5. The third-order valence-electron chi connectivity index (χ3n) is 4.93. The van der Waals surface area contributed by atoms with E-state index in [0.717, 1.165) is 31.5 Å². The maximum atomic E-state index is 12.3. The van der Waals surface area contributed by atoms with Gasteiger partial charge in [-0.2, -0.15) is 4.98 Å². The lowest BCUT2D eigenvalue weighted by atomic mass is 9.97. The van der Waals surface area contributed by atoms with Crippen molar-refractivity contribution in [2.75, 3.05) is 25.0 Å². The molecule has 2 aromatic carbocycles. The Morgan fingerprint density at radius 3 is 2.57 bits per heavy atom. The molecule has 0 unspecified atom stereocenters. The number of para-hydroxylation sites is 1. The van der Waals surface area contributed by atoms with Crippen molar-refractivity contribution in [1.29, 1.82) is 0 Å². The summed E-state index contributed by atoms with van der Waals surface area (Å²) in [7, 11) is 0. The van der Waals surface area contributed by atoms with Crippen LogP contribution in [0.15, 0.2) is 59.1 Å². The molecule has 4 rings (SSSR count). The van der Waals surface area contributed by atoms with Crippen molar-refractivity contribution in [2.24, 2.45) is 0 Å². The van der Waals surface area contributed by atoms with Gasteiger partial charge in [0.15, 0.2) is 0 Å². The number of halogens is 1. The fourth-order valence-corrected chi connectivity index (χ4v) is 3.58. The van der Waals surface area contributed by atoms with Gasteiger partial charge in [0, 0.05) is 11.5 Å². The SMILES string of the molecule is O=C(CN1CCC(c2nc(-c3ccccc3)no2)CC1)Nc1ccccc1Cl. The number of likely N-dealkylation sites (tertiary alicyclic amines) is 1. The molecule has 144 valence electrons. The molecule has 28 heavy (non-hydrogen) atoms. The maximum absolute atomic E-state index is 12.3. The number of anilines is 1. The van der Waals surface area contributed by atoms with E-state index in [1.807, 2.05) is 42.5 Å². The van der Waals surface area contributed by atoms with Crippen LogP contribution in [0.1, 0.15) is 24.7 Å². The van der Waals surface area contributed by atoms with Gasteiger partial charge in [0.1, 0.15) is 0 Å². The number of carbonyl (C=O) groups is 1. The molecule has 1 amide bonds. The van der Waals surface area contributed by atoms with Crippen LogP contribution in [0.5, 0.6) is 0 Å². The molecule has 1 aliphatic rings. The second-order valence-corrected chi connectivity index (χ2v) is 7.31. The zero-order valence-corrected chi connectivity index (χ0v) is 16.1. The molecular formula is C21H21ClN4O2. The molecule has 1 saturated heterocycles. The van der Waals surface area contributed by atoms with Crippen LogP contribution in [0, 0.1) is 0 Å². The average Bonchev–Trinajstić information content (AvgIpc) is 3.21. The molecular weight excluding hydrogens is 376 g/mol. The first-order valence-corrected chi connectivity index (χ1v) is 9.72. The Hall–Kier alpha value is -2.70. The first-order chi connectivity index (χ1) is 13.7. The molecule has 0 radical (unpaired) electrons. The predicted octanol–water partition coefficient (Wildman–Crippen LogP) is 4.21. The second kappa shape index (κ2) is 8.54. The number of amides is 1. The highest BCUT2D eigenvalue weighted by Gasteiger charge is 2.26. The summed E-state index contributed by atoms with van der Waals surface area (Å²) in [6, 6.07) is 17.1. The molecule has 6 nitrogen and oxygen atoms in total. The Bertz CT molecular complexity index is 936. The summed E-state index contributed by atoms with van der Waals surface area (Å²) >= 11 is 6.09. The summed E-state index contributed by atoms with van der Waals surface area (Å²) in [4.78, 5) is 19.0. The van der Waals surface area contributed by atoms with E-state index in [-0.39, 0.29) is 11.8 Å². The van der Waals surface area contributed by atoms with Gasteiger partial charge < -0.3 is 9.84 Å². The summed E-state index contributed by atoms with van der Waals surface area (Å²) in [5.74, 6) is 1.47. The minimum absolute atomic E-state index is 0.0595. The van der Waals surface area contributed by atoms with E-state index >= 15 is 0 Å². The number of nitrogens with zero attached hydrogens (tertiary/aromatic N) is 3. The topological polar surface area (TPSA) is 71.3 Å². The van der Waals surface area contributed by atoms with E-state index in [2.05, 4.69) is 20.4 Å². The van der Waals surface area contributed by atoms with E-state index in [1.165, 1.54) is 0 Å². The highest BCUT2D eigenvalue weighted by Crippen LogP contribution is 2.28. The Morgan fingerprint density at radius 1 is 1.11 bits per heavy atom. The second-order valence-electron chi connectivity index (χ2n) is 6.90. The molecule has 1 fully saturated rings. The van der Waals surface area contributed by atoms with Crippen LogP contribution in [0.25, 0.3) is 11.4 Å². The first kappa shape index (κ1) is 18.7. The fraction of sp³-hybridized carbons (Fsp3) is 0.286. The standard InChI is InChI=1S/C21H21ClN4O2/c22-17-8-4-5-9-18(17)23-19(27)14-26-12-10-16(11-13-26)21-24-20(25-28-21)15-6-2-1-3-7-15/h1-9,16H,10-14H2,(H,23,27). The summed E-state index contributed by atoms with van der Waals surface area (Å²) in [6.07, 6.45) is 1.77. The van der Waals surface area contributed by atoms with Gasteiger partial charge in [-0.1, -0.05) is 59.2 Å². The number of hydrogen-bond acceptors (Lipinski definition) is 5.